The first-order chi connectivity index (χ1) is 7.72. The molecule has 1 unspecified atom stereocenters. The molecule has 0 saturated heterocycles. The Kier molecular flexibility index (Phi) is 2.93. The number of hydrogen-bond acceptors (Lipinski definition) is 2. The number of benzene rings is 1. The second kappa shape index (κ2) is 4.38. The molecule has 0 radical (unpaired) electrons. The van der Waals surface area contributed by atoms with E-state index in [2.05, 4.69) is 28.5 Å². The molecule has 0 amide bonds. The maximum Gasteiger partial charge on any atom is 0.0841 e. The smallest absolute Gasteiger partial charge is 0.0841 e. The number of nitrogens with zero attached hydrogens (tertiary/aromatic N) is 2. The van der Waals surface area contributed by atoms with Gasteiger partial charge in [-0.2, -0.15) is 5.10 Å². The molecule has 3 nitrogen and oxygen atoms in total. The van der Waals surface area contributed by atoms with E-state index in [0.717, 1.165) is 11.2 Å². The van der Waals surface area contributed by atoms with Crippen molar-refractivity contribution in [2.24, 2.45) is 7.05 Å². The zero-order valence-electron chi connectivity index (χ0n) is 9.57. The van der Waals surface area contributed by atoms with Crippen molar-refractivity contribution in [2.45, 2.75) is 19.5 Å². The summed E-state index contributed by atoms with van der Waals surface area (Å²) < 4.78 is 1.90. The van der Waals surface area contributed by atoms with Gasteiger partial charge in [0.25, 0.3) is 0 Å². The van der Waals surface area contributed by atoms with Crippen LogP contribution in [0.25, 0.3) is 10.9 Å². The van der Waals surface area contributed by atoms with Crippen LogP contribution in [-0.4, -0.2) is 15.8 Å². The van der Waals surface area contributed by atoms with E-state index in [4.69, 9.17) is 6.42 Å². The van der Waals surface area contributed by atoms with Crippen molar-refractivity contribution in [3.63, 3.8) is 0 Å². The third kappa shape index (κ3) is 1.93. The average Bonchev–Trinajstić information content (AvgIpc) is 2.64. The van der Waals surface area contributed by atoms with Gasteiger partial charge in [-0.3, -0.25) is 10.00 Å². The molecular weight excluding hydrogens is 198 g/mol. The fourth-order valence-corrected chi connectivity index (χ4v) is 1.73. The van der Waals surface area contributed by atoms with Gasteiger partial charge in [-0.05, 0) is 13.0 Å². The highest BCUT2D eigenvalue weighted by molar-refractivity contribution is 5.81. The number of terminal acetylenes is 1. The van der Waals surface area contributed by atoms with E-state index >= 15 is 0 Å². The number of para-hydroxylation sites is 1. The number of nitrogens with one attached hydrogen (secondary N) is 1. The lowest BCUT2D eigenvalue weighted by Crippen LogP contribution is -2.23. The Labute approximate surface area is 95.5 Å². The molecule has 2 aromatic rings. The molecular formula is C13H15N3. The zero-order valence-corrected chi connectivity index (χ0v) is 9.57. The number of fused-ring (bicyclic) bond motifs is 1. The summed E-state index contributed by atoms with van der Waals surface area (Å²) in [5.74, 6) is 2.64. The lowest BCUT2D eigenvalue weighted by Gasteiger charge is -2.04. The summed E-state index contributed by atoms with van der Waals surface area (Å²) in [5.41, 5.74) is 2.19. The van der Waals surface area contributed by atoms with Crippen LogP contribution in [-0.2, 0) is 13.6 Å². The topological polar surface area (TPSA) is 29.9 Å². The second-order valence-corrected chi connectivity index (χ2v) is 3.86. The summed E-state index contributed by atoms with van der Waals surface area (Å²) >= 11 is 0. The molecule has 0 spiro atoms. The number of aromatic nitrogens is 2. The third-order valence-corrected chi connectivity index (χ3v) is 2.66. The third-order valence-electron chi connectivity index (χ3n) is 2.66. The van der Waals surface area contributed by atoms with Crippen molar-refractivity contribution < 1.29 is 0 Å². The van der Waals surface area contributed by atoms with Crippen LogP contribution in [0, 0.1) is 12.3 Å². The van der Waals surface area contributed by atoms with Crippen LogP contribution in [0.5, 0.6) is 0 Å². The van der Waals surface area contributed by atoms with Crippen LogP contribution in [0.4, 0.5) is 0 Å². The highest BCUT2D eigenvalue weighted by Crippen LogP contribution is 2.16. The summed E-state index contributed by atoms with van der Waals surface area (Å²) in [5, 5.41) is 8.91. The molecule has 0 aliphatic heterocycles. The molecule has 0 fully saturated rings. The van der Waals surface area contributed by atoms with Crippen LogP contribution < -0.4 is 5.32 Å². The van der Waals surface area contributed by atoms with Gasteiger partial charge in [0.1, 0.15) is 0 Å². The molecule has 1 aromatic carbocycles. The quantitative estimate of drug-likeness (QED) is 0.786. The summed E-state index contributed by atoms with van der Waals surface area (Å²) in [6.45, 7) is 2.66. The molecule has 16 heavy (non-hydrogen) atoms. The maximum atomic E-state index is 5.32. The molecule has 3 heteroatoms. The number of rotatable bonds is 3. The van der Waals surface area contributed by atoms with Crippen LogP contribution in [0.15, 0.2) is 24.3 Å². The molecule has 0 aliphatic rings. The molecule has 1 aromatic heterocycles. The van der Waals surface area contributed by atoms with Gasteiger partial charge >= 0.3 is 0 Å². The summed E-state index contributed by atoms with van der Waals surface area (Å²) in [6, 6.07) is 8.26. The Hall–Kier alpha value is -1.79. The van der Waals surface area contributed by atoms with Gasteiger partial charge in [-0.1, -0.05) is 24.1 Å². The number of aryl methyl sites for hydroxylation is 1. The first kappa shape index (κ1) is 10.7. The highest BCUT2D eigenvalue weighted by atomic mass is 15.3. The van der Waals surface area contributed by atoms with Crippen molar-refractivity contribution in [2.75, 3.05) is 0 Å². The summed E-state index contributed by atoms with van der Waals surface area (Å²) in [7, 11) is 1.95. The fraction of sp³-hybridized carbons (Fsp3) is 0.308. The molecule has 0 saturated carbocycles. The highest BCUT2D eigenvalue weighted by Gasteiger charge is 2.07. The number of hydrogen-bond donors (Lipinski definition) is 1. The average molecular weight is 213 g/mol. The summed E-state index contributed by atoms with van der Waals surface area (Å²) in [4.78, 5) is 0. The molecule has 1 heterocycles. The predicted molar refractivity (Wildman–Crippen MR) is 65.8 cm³/mol. The maximum absolute atomic E-state index is 5.32. The van der Waals surface area contributed by atoms with Gasteiger partial charge in [0.15, 0.2) is 0 Å². The van der Waals surface area contributed by atoms with E-state index in [1.165, 1.54) is 5.39 Å². The minimum Gasteiger partial charge on any atom is -0.298 e. The van der Waals surface area contributed by atoms with Crippen molar-refractivity contribution in [3.05, 3.63) is 30.0 Å². The largest absolute Gasteiger partial charge is 0.298 e. The summed E-state index contributed by atoms with van der Waals surface area (Å²) in [6.07, 6.45) is 5.32. The lowest BCUT2D eigenvalue weighted by atomic mass is 10.2. The molecule has 0 bridgehead atoms. The van der Waals surface area contributed by atoms with Gasteiger partial charge in [-0.15, -0.1) is 6.42 Å². The first-order valence-corrected chi connectivity index (χ1v) is 5.32. The molecule has 2 rings (SSSR count). The Bertz CT molecular complexity index is 534. The molecule has 82 valence electrons. The van der Waals surface area contributed by atoms with Crippen molar-refractivity contribution in [1.82, 2.24) is 15.1 Å². The zero-order chi connectivity index (χ0) is 11.5. The first-order valence-electron chi connectivity index (χ1n) is 5.32. The SMILES string of the molecule is C#CC(C)NCc1nn(C)c2ccccc12. The van der Waals surface area contributed by atoms with Crippen LogP contribution >= 0.6 is 0 Å². The normalized spacial score (nSPS) is 12.6. The van der Waals surface area contributed by atoms with Gasteiger partial charge in [0, 0.05) is 19.0 Å². The van der Waals surface area contributed by atoms with Crippen molar-refractivity contribution in [1.29, 1.82) is 0 Å². The fourth-order valence-electron chi connectivity index (χ4n) is 1.73. The van der Waals surface area contributed by atoms with E-state index in [9.17, 15) is 0 Å². The van der Waals surface area contributed by atoms with Crippen LogP contribution in [0.1, 0.15) is 12.6 Å². The van der Waals surface area contributed by atoms with E-state index in [1.54, 1.807) is 0 Å². The standard InChI is InChI=1S/C13H15N3/c1-4-10(2)14-9-12-11-7-5-6-8-13(11)16(3)15-12/h1,5-8,10,14H,9H2,2-3H3. The van der Waals surface area contributed by atoms with Gasteiger partial charge in [-0.25, -0.2) is 0 Å². The minimum absolute atomic E-state index is 0.0702. The lowest BCUT2D eigenvalue weighted by molar-refractivity contribution is 0.627. The van der Waals surface area contributed by atoms with Crippen molar-refractivity contribution >= 4 is 10.9 Å². The Morgan fingerprint density at radius 2 is 2.25 bits per heavy atom. The minimum atomic E-state index is 0.0702. The van der Waals surface area contributed by atoms with Gasteiger partial charge in [0.05, 0.1) is 17.3 Å². The molecule has 1 N–H and O–H groups in total. The molecule has 0 aliphatic carbocycles. The van der Waals surface area contributed by atoms with Crippen molar-refractivity contribution in [3.8, 4) is 12.3 Å². The van der Waals surface area contributed by atoms with Crippen LogP contribution in [0.3, 0.4) is 0 Å². The Balaban J connectivity index is 2.28. The van der Waals surface area contributed by atoms with Gasteiger partial charge in [0.2, 0.25) is 0 Å². The Morgan fingerprint density at radius 3 is 3.00 bits per heavy atom. The van der Waals surface area contributed by atoms with E-state index in [-0.39, 0.29) is 6.04 Å². The monoisotopic (exact) mass is 213 g/mol. The van der Waals surface area contributed by atoms with Gasteiger partial charge < -0.3 is 0 Å². The molecule has 1 atom stereocenters. The predicted octanol–water partition coefficient (Wildman–Crippen LogP) is 1.68. The van der Waals surface area contributed by atoms with Crippen LogP contribution in [0.2, 0.25) is 0 Å². The second-order valence-electron chi connectivity index (χ2n) is 3.86. The Morgan fingerprint density at radius 1 is 1.50 bits per heavy atom. The van der Waals surface area contributed by atoms with E-state index in [0.29, 0.717) is 6.54 Å². The van der Waals surface area contributed by atoms with E-state index in [1.807, 2.05) is 30.8 Å². The van der Waals surface area contributed by atoms with E-state index < -0.39 is 0 Å².